The predicted octanol–water partition coefficient (Wildman–Crippen LogP) is 5.36. The molecular formula is C22H21ClFNO2. The zero-order chi connectivity index (χ0) is 19.1. The van der Waals surface area contributed by atoms with Gasteiger partial charge in [0.2, 0.25) is 0 Å². The first-order valence-electron chi connectivity index (χ1n) is 8.64. The van der Waals surface area contributed by atoms with Gasteiger partial charge in [-0.15, -0.1) is 0 Å². The van der Waals surface area contributed by atoms with E-state index < -0.39 is 0 Å². The molecule has 5 heteroatoms. The van der Waals surface area contributed by atoms with Gasteiger partial charge in [-0.05, 0) is 35.9 Å². The SMILES string of the molecule is COc1ccccc1CNCc1ccc(OCc2c(F)cccc2Cl)cc1. The second-order valence-electron chi connectivity index (χ2n) is 6.05. The molecule has 0 aliphatic carbocycles. The Labute approximate surface area is 163 Å². The summed E-state index contributed by atoms with van der Waals surface area (Å²) in [5.74, 6) is 1.18. The maximum atomic E-state index is 13.8. The average Bonchev–Trinajstić information content (AvgIpc) is 2.69. The number of benzene rings is 3. The summed E-state index contributed by atoms with van der Waals surface area (Å²) in [7, 11) is 1.67. The molecule has 0 amide bonds. The molecule has 140 valence electrons. The summed E-state index contributed by atoms with van der Waals surface area (Å²) in [5, 5.41) is 3.76. The highest BCUT2D eigenvalue weighted by Crippen LogP contribution is 2.22. The molecule has 0 heterocycles. The quantitative estimate of drug-likeness (QED) is 0.566. The molecule has 0 bridgehead atoms. The van der Waals surface area contributed by atoms with Gasteiger partial charge in [-0.25, -0.2) is 4.39 Å². The van der Waals surface area contributed by atoms with Gasteiger partial charge in [-0.3, -0.25) is 0 Å². The second kappa shape index (κ2) is 9.40. The van der Waals surface area contributed by atoms with Crippen molar-refractivity contribution in [1.29, 1.82) is 0 Å². The van der Waals surface area contributed by atoms with Crippen molar-refractivity contribution in [1.82, 2.24) is 5.32 Å². The zero-order valence-electron chi connectivity index (χ0n) is 15.0. The van der Waals surface area contributed by atoms with Crippen molar-refractivity contribution in [2.45, 2.75) is 19.7 Å². The molecule has 3 aromatic rings. The van der Waals surface area contributed by atoms with E-state index in [2.05, 4.69) is 5.32 Å². The molecule has 1 N–H and O–H groups in total. The molecule has 27 heavy (non-hydrogen) atoms. The number of para-hydroxylation sites is 1. The van der Waals surface area contributed by atoms with Crippen LogP contribution in [0.2, 0.25) is 5.02 Å². The second-order valence-corrected chi connectivity index (χ2v) is 6.46. The van der Waals surface area contributed by atoms with Crippen molar-refractivity contribution in [3.8, 4) is 11.5 Å². The van der Waals surface area contributed by atoms with Crippen molar-refractivity contribution >= 4 is 11.6 Å². The Kier molecular flexibility index (Phi) is 6.69. The first kappa shape index (κ1) is 19.2. The minimum absolute atomic E-state index is 0.0942. The van der Waals surface area contributed by atoms with E-state index in [1.807, 2.05) is 48.5 Å². The third-order valence-corrected chi connectivity index (χ3v) is 4.56. The summed E-state index contributed by atoms with van der Waals surface area (Å²) in [6.07, 6.45) is 0. The van der Waals surface area contributed by atoms with Gasteiger partial charge in [0.1, 0.15) is 23.9 Å². The lowest BCUT2D eigenvalue weighted by molar-refractivity contribution is 0.300. The van der Waals surface area contributed by atoms with Gasteiger partial charge >= 0.3 is 0 Å². The third-order valence-electron chi connectivity index (χ3n) is 4.21. The molecule has 3 nitrogen and oxygen atoms in total. The van der Waals surface area contributed by atoms with E-state index in [0.717, 1.165) is 23.4 Å². The molecule has 0 aliphatic heterocycles. The molecule has 0 spiro atoms. The Hall–Kier alpha value is -2.56. The number of hydrogen-bond acceptors (Lipinski definition) is 3. The number of nitrogens with one attached hydrogen (secondary N) is 1. The van der Waals surface area contributed by atoms with E-state index in [9.17, 15) is 4.39 Å². The van der Waals surface area contributed by atoms with Crippen molar-refractivity contribution in [3.05, 3.63) is 94.3 Å². The van der Waals surface area contributed by atoms with Crippen molar-refractivity contribution in [2.24, 2.45) is 0 Å². The number of rotatable bonds is 8. The Morgan fingerprint density at radius 1 is 0.926 bits per heavy atom. The predicted molar refractivity (Wildman–Crippen MR) is 106 cm³/mol. The largest absolute Gasteiger partial charge is 0.496 e. The van der Waals surface area contributed by atoms with Crippen molar-refractivity contribution in [3.63, 3.8) is 0 Å². The van der Waals surface area contributed by atoms with E-state index >= 15 is 0 Å². The van der Waals surface area contributed by atoms with Gasteiger partial charge in [-0.2, -0.15) is 0 Å². The minimum atomic E-state index is -0.361. The van der Waals surface area contributed by atoms with Gasteiger partial charge in [0.25, 0.3) is 0 Å². The maximum absolute atomic E-state index is 13.8. The van der Waals surface area contributed by atoms with Crippen LogP contribution >= 0.6 is 11.6 Å². The number of ether oxygens (including phenoxy) is 2. The van der Waals surface area contributed by atoms with Gasteiger partial charge in [0.05, 0.1) is 12.1 Å². The number of methoxy groups -OCH3 is 1. The highest BCUT2D eigenvalue weighted by Gasteiger charge is 2.07. The molecule has 0 atom stereocenters. The molecule has 3 rings (SSSR count). The van der Waals surface area contributed by atoms with Crippen LogP contribution in [0, 0.1) is 5.82 Å². The van der Waals surface area contributed by atoms with E-state index in [1.54, 1.807) is 19.2 Å². The van der Waals surface area contributed by atoms with Crippen LogP contribution in [0.4, 0.5) is 4.39 Å². The van der Waals surface area contributed by atoms with Crippen LogP contribution in [0.25, 0.3) is 0 Å². The third kappa shape index (κ3) is 5.22. The van der Waals surface area contributed by atoms with Crippen LogP contribution in [-0.4, -0.2) is 7.11 Å². The monoisotopic (exact) mass is 385 g/mol. The lowest BCUT2D eigenvalue weighted by Gasteiger charge is -2.11. The van der Waals surface area contributed by atoms with Gasteiger partial charge in [-0.1, -0.05) is 48.0 Å². The lowest BCUT2D eigenvalue weighted by atomic mass is 10.2. The Morgan fingerprint density at radius 3 is 2.44 bits per heavy atom. The first-order valence-corrected chi connectivity index (χ1v) is 9.02. The molecule has 0 saturated heterocycles. The fourth-order valence-electron chi connectivity index (χ4n) is 2.72. The number of hydrogen-bond donors (Lipinski definition) is 1. The Morgan fingerprint density at radius 2 is 1.70 bits per heavy atom. The van der Waals surface area contributed by atoms with E-state index in [-0.39, 0.29) is 12.4 Å². The summed E-state index contributed by atoms with van der Waals surface area (Å²) in [6.45, 7) is 1.53. The summed E-state index contributed by atoms with van der Waals surface area (Å²) >= 11 is 6.01. The van der Waals surface area contributed by atoms with E-state index in [0.29, 0.717) is 22.9 Å². The molecule has 0 saturated carbocycles. The van der Waals surface area contributed by atoms with Crippen LogP contribution in [0.1, 0.15) is 16.7 Å². The van der Waals surface area contributed by atoms with Crippen LogP contribution in [-0.2, 0) is 19.7 Å². The van der Waals surface area contributed by atoms with Crippen LogP contribution in [0.5, 0.6) is 11.5 Å². The van der Waals surface area contributed by atoms with Crippen molar-refractivity contribution < 1.29 is 13.9 Å². The minimum Gasteiger partial charge on any atom is -0.496 e. The Bertz CT molecular complexity index is 863. The molecular weight excluding hydrogens is 365 g/mol. The van der Waals surface area contributed by atoms with Crippen LogP contribution < -0.4 is 14.8 Å². The fourth-order valence-corrected chi connectivity index (χ4v) is 2.94. The van der Waals surface area contributed by atoms with Crippen LogP contribution in [0.15, 0.2) is 66.7 Å². The summed E-state index contributed by atoms with van der Waals surface area (Å²) < 4.78 is 24.8. The topological polar surface area (TPSA) is 30.5 Å². The normalized spacial score (nSPS) is 10.6. The smallest absolute Gasteiger partial charge is 0.131 e. The summed E-state index contributed by atoms with van der Waals surface area (Å²) in [5.41, 5.74) is 2.60. The standard InChI is InChI=1S/C22H21ClFNO2/c1-26-22-8-3-2-5-17(22)14-25-13-16-9-11-18(12-10-16)27-15-19-20(23)6-4-7-21(19)24/h2-12,25H,13-15H2,1H3. The summed E-state index contributed by atoms with van der Waals surface area (Å²) in [4.78, 5) is 0. The molecule has 0 unspecified atom stereocenters. The van der Waals surface area contributed by atoms with Gasteiger partial charge in [0, 0.05) is 24.2 Å². The molecule has 0 radical (unpaired) electrons. The highest BCUT2D eigenvalue weighted by molar-refractivity contribution is 6.31. The average molecular weight is 386 g/mol. The first-order chi connectivity index (χ1) is 13.2. The highest BCUT2D eigenvalue weighted by atomic mass is 35.5. The van der Waals surface area contributed by atoms with E-state index in [4.69, 9.17) is 21.1 Å². The van der Waals surface area contributed by atoms with Crippen LogP contribution in [0.3, 0.4) is 0 Å². The molecule has 0 aliphatic rings. The van der Waals surface area contributed by atoms with E-state index in [1.165, 1.54) is 6.07 Å². The molecule has 0 fully saturated rings. The molecule has 0 aromatic heterocycles. The van der Waals surface area contributed by atoms with Crippen molar-refractivity contribution in [2.75, 3.05) is 7.11 Å². The number of halogens is 2. The maximum Gasteiger partial charge on any atom is 0.131 e. The Balaban J connectivity index is 1.51. The lowest BCUT2D eigenvalue weighted by Crippen LogP contribution is -2.13. The summed E-state index contributed by atoms with van der Waals surface area (Å²) in [6, 6.07) is 20.2. The zero-order valence-corrected chi connectivity index (χ0v) is 15.8. The van der Waals surface area contributed by atoms with Gasteiger partial charge < -0.3 is 14.8 Å². The fraction of sp³-hybridized carbons (Fsp3) is 0.182. The molecule has 3 aromatic carbocycles. The van der Waals surface area contributed by atoms with Gasteiger partial charge in [0.15, 0.2) is 0 Å².